The lowest BCUT2D eigenvalue weighted by Crippen LogP contribution is -2.20. The topological polar surface area (TPSA) is 64.7 Å². The maximum atomic E-state index is 12.1. The third kappa shape index (κ3) is 4.15. The van der Waals surface area contributed by atoms with E-state index in [1.807, 2.05) is 0 Å². The third-order valence-corrected chi connectivity index (χ3v) is 4.71. The van der Waals surface area contributed by atoms with Crippen molar-refractivity contribution in [2.75, 3.05) is 5.32 Å². The molecule has 0 aliphatic heterocycles. The maximum Gasteiger partial charge on any atom is 0.246 e. The molecule has 3 aromatic rings. The number of hydrogen-bond donors (Lipinski definition) is 1. The Morgan fingerprint density at radius 1 is 1.12 bits per heavy atom. The van der Waals surface area contributed by atoms with Crippen molar-refractivity contribution in [1.82, 2.24) is 19.6 Å². The zero-order chi connectivity index (χ0) is 18.0. The molecule has 0 saturated carbocycles. The van der Waals surface area contributed by atoms with Crippen LogP contribution in [0.1, 0.15) is 11.3 Å². The summed E-state index contributed by atoms with van der Waals surface area (Å²) >= 11 is 18.3. The average Bonchev–Trinajstić information content (AvgIpc) is 3.12. The summed E-state index contributed by atoms with van der Waals surface area (Å²) in [6.45, 7) is 2.27. The summed E-state index contributed by atoms with van der Waals surface area (Å²) in [7, 11) is 0. The van der Waals surface area contributed by atoms with Crippen LogP contribution in [0.5, 0.6) is 0 Å². The van der Waals surface area contributed by atoms with Crippen molar-refractivity contribution in [3.8, 4) is 0 Å². The van der Waals surface area contributed by atoms with E-state index in [1.165, 1.54) is 10.9 Å². The highest BCUT2D eigenvalue weighted by atomic mass is 35.5. The number of nitrogens with zero attached hydrogens (tertiary/aromatic N) is 4. The molecule has 0 unspecified atom stereocenters. The molecule has 0 spiro atoms. The molecule has 3 rings (SSSR count). The van der Waals surface area contributed by atoms with E-state index in [0.29, 0.717) is 27.3 Å². The van der Waals surface area contributed by atoms with Crippen LogP contribution in [0, 0.1) is 6.92 Å². The minimum absolute atomic E-state index is 0.0695. The van der Waals surface area contributed by atoms with Crippen LogP contribution in [0.3, 0.4) is 0 Å². The normalized spacial score (nSPS) is 10.9. The second-order valence-corrected chi connectivity index (χ2v) is 6.63. The number of hydrogen-bond acceptors (Lipinski definition) is 3. The molecule has 0 fully saturated rings. The fourth-order valence-corrected chi connectivity index (χ4v) is 2.94. The van der Waals surface area contributed by atoms with Crippen LogP contribution in [0.25, 0.3) is 0 Å². The first-order valence-corrected chi connectivity index (χ1v) is 8.50. The van der Waals surface area contributed by atoms with E-state index in [2.05, 4.69) is 15.5 Å². The highest BCUT2D eigenvalue weighted by molar-refractivity contribution is 6.36. The summed E-state index contributed by atoms with van der Waals surface area (Å²) < 4.78 is 3.18. The molecule has 6 nitrogen and oxygen atoms in total. The van der Waals surface area contributed by atoms with Crippen LogP contribution >= 0.6 is 34.8 Å². The molecule has 9 heteroatoms. The van der Waals surface area contributed by atoms with Crippen molar-refractivity contribution in [3.05, 3.63) is 63.1 Å². The Kier molecular flexibility index (Phi) is 5.32. The lowest BCUT2D eigenvalue weighted by atomic mass is 10.2. The molecule has 130 valence electrons. The first kappa shape index (κ1) is 17.8. The minimum Gasteiger partial charge on any atom is -0.322 e. The molecule has 1 N–H and O–H groups in total. The van der Waals surface area contributed by atoms with Gasteiger partial charge in [0.2, 0.25) is 5.91 Å². The zero-order valence-corrected chi connectivity index (χ0v) is 15.5. The monoisotopic (exact) mass is 397 g/mol. The second-order valence-electron chi connectivity index (χ2n) is 5.41. The van der Waals surface area contributed by atoms with Gasteiger partial charge in [-0.15, -0.1) is 0 Å². The molecular formula is C16H14Cl3N5O. The number of carbonyl (C=O) groups excluding carboxylic acids is 1. The summed E-state index contributed by atoms with van der Waals surface area (Å²) in [6, 6.07) is 5.32. The number of amides is 1. The fourth-order valence-electron chi connectivity index (χ4n) is 2.28. The summed E-state index contributed by atoms with van der Waals surface area (Å²) in [6.07, 6.45) is 4.78. The van der Waals surface area contributed by atoms with Gasteiger partial charge < -0.3 is 5.32 Å². The van der Waals surface area contributed by atoms with E-state index in [9.17, 15) is 4.79 Å². The lowest BCUT2D eigenvalue weighted by Gasteiger charge is -2.07. The van der Waals surface area contributed by atoms with E-state index in [4.69, 9.17) is 34.8 Å². The van der Waals surface area contributed by atoms with E-state index in [0.717, 1.165) is 11.3 Å². The molecule has 2 heterocycles. The largest absolute Gasteiger partial charge is 0.322 e. The van der Waals surface area contributed by atoms with Crippen LogP contribution in [0.2, 0.25) is 15.1 Å². The molecule has 0 saturated heterocycles. The summed E-state index contributed by atoms with van der Waals surface area (Å²) in [5, 5.41) is 12.7. The lowest BCUT2D eigenvalue weighted by molar-refractivity contribution is -0.116. The number of carbonyl (C=O) groups is 1. The Labute approximate surface area is 159 Å². The van der Waals surface area contributed by atoms with Crippen molar-refractivity contribution >= 4 is 46.4 Å². The second kappa shape index (κ2) is 7.47. The van der Waals surface area contributed by atoms with Gasteiger partial charge in [0.25, 0.3) is 0 Å². The van der Waals surface area contributed by atoms with Crippen molar-refractivity contribution in [2.24, 2.45) is 0 Å². The molecule has 0 bridgehead atoms. The number of aromatic nitrogens is 4. The Morgan fingerprint density at radius 3 is 2.48 bits per heavy atom. The van der Waals surface area contributed by atoms with Gasteiger partial charge >= 0.3 is 0 Å². The highest BCUT2D eigenvalue weighted by Gasteiger charge is 2.11. The number of anilines is 1. The molecular weight excluding hydrogens is 385 g/mol. The number of benzene rings is 1. The molecule has 2 aromatic heterocycles. The Balaban J connectivity index is 1.65. The smallest absolute Gasteiger partial charge is 0.246 e. The first-order valence-electron chi connectivity index (χ1n) is 7.37. The van der Waals surface area contributed by atoms with Crippen LogP contribution in [0.15, 0.2) is 36.8 Å². The van der Waals surface area contributed by atoms with E-state index < -0.39 is 0 Å². The van der Waals surface area contributed by atoms with Crippen molar-refractivity contribution in [1.29, 1.82) is 0 Å². The molecule has 1 aromatic carbocycles. The summed E-state index contributed by atoms with van der Waals surface area (Å²) in [5.74, 6) is -0.224. The van der Waals surface area contributed by atoms with Gasteiger partial charge in [0.15, 0.2) is 0 Å². The standard InChI is InChI=1S/C16H14Cl3N5O/c1-10-15(19)6-21-24(10)9-16(25)22-11-5-20-23(7-11)8-12-13(17)3-2-4-14(12)18/h2-7H,8-9H2,1H3,(H,22,25). The number of halogens is 3. The van der Waals surface area contributed by atoms with Gasteiger partial charge in [0.1, 0.15) is 6.54 Å². The number of nitrogens with one attached hydrogen (secondary N) is 1. The predicted molar refractivity (Wildman–Crippen MR) is 98.4 cm³/mol. The van der Waals surface area contributed by atoms with Gasteiger partial charge in [-0.05, 0) is 19.1 Å². The zero-order valence-electron chi connectivity index (χ0n) is 13.2. The Bertz CT molecular complexity index is 898. The quantitative estimate of drug-likeness (QED) is 0.705. The summed E-state index contributed by atoms with van der Waals surface area (Å²) in [5.41, 5.74) is 2.08. The average molecular weight is 399 g/mol. The van der Waals surface area contributed by atoms with E-state index >= 15 is 0 Å². The van der Waals surface area contributed by atoms with Crippen molar-refractivity contribution < 1.29 is 4.79 Å². The fraction of sp³-hybridized carbons (Fsp3) is 0.188. The maximum absolute atomic E-state index is 12.1. The van der Waals surface area contributed by atoms with Gasteiger partial charge in [-0.3, -0.25) is 14.2 Å². The van der Waals surface area contributed by atoms with Crippen molar-refractivity contribution in [3.63, 3.8) is 0 Å². The minimum atomic E-state index is -0.224. The molecule has 1 amide bonds. The van der Waals surface area contributed by atoms with Gasteiger partial charge in [0, 0.05) is 21.8 Å². The summed E-state index contributed by atoms with van der Waals surface area (Å²) in [4.78, 5) is 12.1. The first-order chi connectivity index (χ1) is 11.9. The van der Waals surface area contributed by atoms with Crippen LogP contribution in [-0.4, -0.2) is 25.5 Å². The van der Waals surface area contributed by atoms with Crippen LogP contribution in [0.4, 0.5) is 5.69 Å². The third-order valence-electron chi connectivity index (χ3n) is 3.64. The van der Waals surface area contributed by atoms with Gasteiger partial charge in [-0.2, -0.15) is 10.2 Å². The molecule has 0 aliphatic carbocycles. The molecule has 0 aliphatic rings. The van der Waals surface area contributed by atoms with Crippen LogP contribution in [-0.2, 0) is 17.9 Å². The van der Waals surface area contributed by atoms with Crippen molar-refractivity contribution in [2.45, 2.75) is 20.0 Å². The predicted octanol–water partition coefficient (Wildman–Crippen LogP) is 4.04. The highest BCUT2D eigenvalue weighted by Crippen LogP contribution is 2.25. The van der Waals surface area contributed by atoms with Gasteiger partial charge in [-0.1, -0.05) is 40.9 Å². The Morgan fingerprint density at radius 2 is 1.84 bits per heavy atom. The molecule has 0 radical (unpaired) electrons. The SMILES string of the molecule is Cc1c(Cl)cnn1CC(=O)Nc1cnn(Cc2c(Cl)cccc2Cl)c1. The molecule has 25 heavy (non-hydrogen) atoms. The molecule has 0 atom stereocenters. The van der Waals surface area contributed by atoms with E-state index in [-0.39, 0.29) is 12.5 Å². The Hall–Kier alpha value is -2.02. The van der Waals surface area contributed by atoms with Gasteiger partial charge in [0.05, 0.1) is 35.3 Å². The number of rotatable bonds is 5. The van der Waals surface area contributed by atoms with E-state index in [1.54, 1.807) is 42.2 Å². The van der Waals surface area contributed by atoms with Gasteiger partial charge in [-0.25, -0.2) is 0 Å². The van der Waals surface area contributed by atoms with Crippen LogP contribution < -0.4 is 5.32 Å².